The van der Waals surface area contributed by atoms with Crippen LogP contribution >= 0.6 is 0 Å². The molecule has 1 aromatic heterocycles. The van der Waals surface area contributed by atoms with E-state index >= 15 is 0 Å². The van der Waals surface area contributed by atoms with Gasteiger partial charge in [-0.3, -0.25) is 0 Å². The van der Waals surface area contributed by atoms with Gasteiger partial charge in [-0.25, -0.2) is 4.98 Å². The van der Waals surface area contributed by atoms with Crippen molar-refractivity contribution in [2.24, 2.45) is 0 Å². The summed E-state index contributed by atoms with van der Waals surface area (Å²) in [5.74, 6) is 0.286. The zero-order valence-corrected chi connectivity index (χ0v) is 9.22. The topological polar surface area (TPSA) is 37.0 Å². The molecule has 0 aromatic carbocycles. The molecule has 2 rings (SSSR count). The van der Waals surface area contributed by atoms with Crippen molar-refractivity contribution in [1.29, 1.82) is 0 Å². The first kappa shape index (κ1) is 12.2. The molecule has 0 saturated carbocycles. The Labute approximate surface area is 97.4 Å². The van der Waals surface area contributed by atoms with Crippen molar-refractivity contribution in [3.05, 3.63) is 23.9 Å². The number of nitrogens with zero attached hydrogens (tertiary/aromatic N) is 1. The molecular formula is C11H14F3N3. The summed E-state index contributed by atoms with van der Waals surface area (Å²) in [5.41, 5.74) is -0.855. The summed E-state index contributed by atoms with van der Waals surface area (Å²) in [6, 6.07) is 4.06. The van der Waals surface area contributed by atoms with Crippen molar-refractivity contribution in [1.82, 2.24) is 10.3 Å². The van der Waals surface area contributed by atoms with Crippen LogP contribution in [0, 0.1) is 0 Å². The number of halogens is 3. The average molecular weight is 245 g/mol. The van der Waals surface area contributed by atoms with Crippen LogP contribution in [0.3, 0.4) is 0 Å². The second-order valence-electron chi connectivity index (χ2n) is 4.09. The number of aromatic nitrogens is 1. The van der Waals surface area contributed by atoms with E-state index in [4.69, 9.17) is 0 Å². The summed E-state index contributed by atoms with van der Waals surface area (Å²) in [7, 11) is 0. The lowest BCUT2D eigenvalue weighted by atomic mass is 10.1. The smallest absolute Gasteiger partial charge is 0.366 e. The summed E-state index contributed by atoms with van der Waals surface area (Å²) in [4.78, 5) is 3.57. The molecule has 1 saturated heterocycles. The molecule has 0 aliphatic carbocycles. The maximum atomic E-state index is 12.4. The molecule has 2 heterocycles. The molecule has 3 nitrogen and oxygen atoms in total. The van der Waals surface area contributed by atoms with Crippen molar-refractivity contribution in [3.63, 3.8) is 0 Å². The molecule has 1 unspecified atom stereocenters. The predicted octanol–water partition coefficient (Wildman–Crippen LogP) is 2.26. The van der Waals surface area contributed by atoms with Gasteiger partial charge in [0.25, 0.3) is 0 Å². The first-order valence-corrected chi connectivity index (χ1v) is 5.57. The number of piperidine rings is 1. The van der Waals surface area contributed by atoms with Crippen LogP contribution in [0.5, 0.6) is 0 Å². The van der Waals surface area contributed by atoms with Crippen LogP contribution < -0.4 is 10.6 Å². The molecule has 0 amide bonds. The third-order valence-corrected chi connectivity index (χ3v) is 2.69. The van der Waals surface area contributed by atoms with Crippen molar-refractivity contribution >= 4 is 5.82 Å². The lowest BCUT2D eigenvalue weighted by Crippen LogP contribution is -2.38. The van der Waals surface area contributed by atoms with Crippen LogP contribution in [0.1, 0.15) is 18.5 Å². The number of nitrogens with one attached hydrogen (secondary N) is 2. The second-order valence-corrected chi connectivity index (χ2v) is 4.09. The summed E-state index contributed by atoms with van der Waals surface area (Å²) in [5, 5.41) is 6.21. The molecule has 1 aliphatic heterocycles. The Morgan fingerprint density at radius 1 is 1.35 bits per heavy atom. The zero-order valence-electron chi connectivity index (χ0n) is 9.22. The number of anilines is 1. The molecule has 6 heteroatoms. The lowest BCUT2D eigenvalue weighted by molar-refractivity contribution is -0.141. The number of hydrogen-bond acceptors (Lipinski definition) is 3. The van der Waals surface area contributed by atoms with Gasteiger partial charge >= 0.3 is 6.18 Å². The molecular weight excluding hydrogens is 231 g/mol. The van der Waals surface area contributed by atoms with Gasteiger partial charge < -0.3 is 10.6 Å². The highest BCUT2D eigenvalue weighted by atomic mass is 19.4. The lowest BCUT2D eigenvalue weighted by Gasteiger charge is -2.24. The normalized spacial score (nSPS) is 21.2. The van der Waals surface area contributed by atoms with E-state index in [1.807, 2.05) is 0 Å². The Kier molecular flexibility index (Phi) is 3.51. The van der Waals surface area contributed by atoms with Crippen LogP contribution in [-0.2, 0) is 6.18 Å². The van der Waals surface area contributed by atoms with Crippen LogP contribution in [0.15, 0.2) is 18.2 Å². The zero-order chi connectivity index (χ0) is 12.3. The first-order valence-electron chi connectivity index (χ1n) is 5.57. The van der Waals surface area contributed by atoms with E-state index in [-0.39, 0.29) is 11.9 Å². The molecule has 0 spiro atoms. The van der Waals surface area contributed by atoms with Crippen molar-refractivity contribution in [2.75, 3.05) is 18.4 Å². The van der Waals surface area contributed by atoms with Gasteiger partial charge in [-0.2, -0.15) is 13.2 Å². The Morgan fingerprint density at radius 3 is 2.82 bits per heavy atom. The Hall–Kier alpha value is -1.30. The second kappa shape index (κ2) is 4.91. The summed E-state index contributed by atoms with van der Waals surface area (Å²) < 4.78 is 37.3. The number of hydrogen-bond donors (Lipinski definition) is 2. The van der Waals surface area contributed by atoms with Crippen LogP contribution in [0.2, 0.25) is 0 Å². The minimum atomic E-state index is -4.39. The first-order chi connectivity index (χ1) is 8.05. The van der Waals surface area contributed by atoms with Crippen LogP contribution in [-0.4, -0.2) is 24.1 Å². The number of pyridine rings is 1. The summed E-state index contributed by atoms with van der Waals surface area (Å²) >= 11 is 0. The maximum absolute atomic E-state index is 12.4. The van der Waals surface area contributed by atoms with Crippen LogP contribution in [0.4, 0.5) is 19.0 Å². The quantitative estimate of drug-likeness (QED) is 0.839. The molecule has 0 bridgehead atoms. The van der Waals surface area contributed by atoms with Crippen LogP contribution in [0.25, 0.3) is 0 Å². The predicted molar refractivity (Wildman–Crippen MR) is 58.8 cm³/mol. The van der Waals surface area contributed by atoms with E-state index in [9.17, 15) is 13.2 Å². The highest BCUT2D eigenvalue weighted by molar-refractivity contribution is 5.37. The van der Waals surface area contributed by atoms with E-state index in [0.29, 0.717) is 0 Å². The summed E-state index contributed by atoms with van der Waals surface area (Å²) in [6.45, 7) is 1.73. The fraction of sp³-hybridized carbons (Fsp3) is 0.545. The van der Waals surface area contributed by atoms with Crippen molar-refractivity contribution < 1.29 is 13.2 Å². The third kappa shape index (κ3) is 3.33. The summed E-state index contributed by atoms with van der Waals surface area (Å²) in [6.07, 6.45) is -2.41. The van der Waals surface area contributed by atoms with Gasteiger partial charge in [0.05, 0.1) is 0 Å². The standard InChI is InChI=1S/C11H14F3N3/c12-11(13,14)9-4-1-5-10(17-9)16-8-3-2-6-15-7-8/h1,4-5,8,15H,2-3,6-7H2,(H,16,17). The van der Waals surface area contributed by atoms with E-state index < -0.39 is 11.9 Å². The van der Waals surface area contributed by atoms with E-state index in [2.05, 4.69) is 15.6 Å². The number of alkyl halides is 3. The molecule has 1 atom stereocenters. The van der Waals surface area contributed by atoms with Gasteiger partial charge in [0.15, 0.2) is 0 Å². The third-order valence-electron chi connectivity index (χ3n) is 2.69. The van der Waals surface area contributed by atoms with Gasteiger partial charge in [0.1, 0.15) is 11.5 Å². The fourth-order valence-electron chi connectivity index (χ4n) is 1.86. The molecule has 1 fully saturated rings. The Morgan fingerprint density at radius 2 is 2.18 bits per heavy atom. The Balaban J connectivity index is 2.05. The molecule has 0 radical (unpaired) electrons. The monoisotopic (exact) mass is 245 g/mol. The van der Waals surface area contributed by atoms with E-state index in [1.54, 1.807) is 6.07 Å². The van der Waals surface area contributed by atoms with Gasteiger partial charge in [0, 0.05) is 12.6 Å². The SMILES string of the molecule is FC(F)(F)c1cccc(NC2CCCNC2)n1. The van der Waals surface area contributed by atoms with Gasteiger partial charge in [0.2, 0.25) is 0 Å². The maximum Gasteiger partial charge on any atom is 0.433 e. The molecule has 17 heavy (non-hydrogen) atoms. The fourth-order valence-corrected chi connectivity index (χ4v) is 1.86. The Bertz CT molecular complexity index is 372. The molecule has 2 N–H and O–H groups in total. The van der Waals surface area contributed by atoms with E-state index in [1.165, 1.54) is 6.07 Å². The molecule has 1 aliphatic rings. The number of rotatable bonds is 2. The van der Waals surface area contributed by atoms with Gasteiger partial charge in [-0.15, -0.1) is 0 Å². The van der Waals surface area contributed by atoms with Gasteiger partial charge in [-0.05, 0) is 31.5 Å². The van der Waals surface area contributed by atoms with Crippen molar-refractivity contribution in [3.8, 4) is 0 Å². The minimum Gasteiger partial charge on any atom is -0.366 e. The van der Waals surface area contributed by atoms with E-state index in [0.717, 1.165) is 32.0 Å². The minimum absolute atomic E-state index is 0.153. The average Bonchev–Trinajstić information content (AvgIpc) is 2.29. The molecule has 1 aromatic rings. The van der Waals surface area contributed by atoms with Gasteiger partial charge in [-0.1, -0.05) is 6.07 Å². The highest BCUT2D eigenvalue weighted by Gasteiger charge is 2.32. The largest absolute Gasteiger partial charge is 0.433 e. The van der Waals surface area contributed by atoms with Crippen molar-refractivity contribution in [2.45, 2.75) is 25.1 Å². The molecule has 94 valence electrons. The highest BCUT2D eigenvalue weighted by Crippen LogP contribution is 2.28.